The van der Waals surface area contributed by atoms with Crippen molar-refractivity contribution < 1.29 is 17.9 Å². The number of rotatable bonds is 4. The lowest BCUT2D eigenvalue weighted by molar-refractivity contribution is 0.0588. The third kappa shape index (κ3) is 3.32. The van der Waals surface area contributed by atoms with E-state index in [1.54, 1.807) is 12.1 Å². The maximum Gasteiger partial charge on any atom is 0.377 e. The number of carbonyl (C=O) groups excluding carboxylic acids is 1. The molecule has 0 aliphatic carbocycles. The van der Waals surface area contributed by atoms with Gasteiger partial charge in [0.15, 0.2) is 0 Å². The molecule has 0 atom stereocenters. The summed E-state index contributed by atoms with van der Waals surface area (Å²) in [5, 5.41) is -0.00619. The zero-order valence-electron chi connectivity index (χ0n) is 10.0. The predicted octanol–water partition coefficient (Wildman–Crippen LogP) is 1.89. The van der Waals surface area contributed by atoms with Crippen LogP contribution in [0.15, 0.2) is 33.6 Å². The van der Waals surface area contributed by atoms with Gasteiger partial charge in [-0.25, -0.2) is 13.2 Å². The second-order valence-corrected chi connectivity index (χ2v) is 6.82. The molecule has 0 aliphatic heterocycles. The highest BCUT2D eigenvalue weighted by atomic mass is 79.9. The van der Waals surface area contributed by atoms with Crippen LogP contribution in [0.4, 0.5) is 5.13 Å². The first-order valence-electron chi connectivity index (χ1n) is 5.13. The molecule has 0 spiro atoms. The minimum Gasteiger partial charge on any atom is -0.463 e. The molecular formula is C10H8BrN3O4S2. The molecule has 0 saturated heterocycles. The van der Waals surface area contributed by atoms with Crippen LogP contribution in [-0.4, -0.2) is 30.9 Å². The molecule has 106 valence electrons. The average molecular weight is 378 g/mol. The zero-order valence-corrected chi connectivity index (χ0v) is 13.3. The van der Waals surface area contributed by atoms with Crippen molar-refractivity contribution in [3.8, 4) is 0 Å². The van der Waals surface area contributed by atoms with Crippen LogP contribution in [0.5, 0.6) is 0 Å². The second-order valence-electron chi connectivity index (χ2n) is 3.47. The summed E-state index contributed by atoms with van der Waals surface area (Å²) in [7, 11) is -2.57. The van der Waals surface area contributed by atoms with Gasteiger partial charge in [-0.3, -0.25) is 4.72 Å². The van der Waals surface area contributed by atoms with Crippen molar-refractivity contribution in [1.29, 1.82) is 0 Å². The average Bonchev–Trinajstić information content (AvgIpc) is 2.86. The van der Waals surface area contributed by atoms with Crippen molar-refractivity contribution in [2.24, 2.45) is 0 Å². The number of nitrogens with zero attached hydrogens (tertiary/aromatic N) is 2. The van der Waals surface area contributed by atoms with Crippen LogP contribution in [0.2, 0.25) is 0 Å². The Bertz CT molecular complexity index is 727. The number of ether oxygens (including phenoxy) is 1. The Morgan fingerprint density at radius 1 is 1.35 bits per heavy atom. The fourth-order valence-electron chi connectivity index (χ4n) is 1.23. The molecule has 10 heteroatoms. The molecule has 2 aromatic rings. The molecule has 2 rings (SSSR count). The molecule has 0 radical (unpaired) electrons. The van der Waals surface area contributed by atoms with Gasteiger partial charge in [-0.2, -0.15) is 9.36 Å². The number of hydrogen-bond acceptors (Lipinski definition) is 7. The summed E-state index contributed by atoms with van der Waals surface area (Å²) in [6.45, 7) is 0. The van der Waals surface area contributed by atoms with Gasteiger partial charge < -0.3 is 4.74 Å². The lowest BCUT2D eigenvalue weighted by Gasteiger charge is -2.04. The smallest absolute Gasteiger partial charge is 0.377 e. The number of aromatic nitrogens is 2. The van der Waals surface area contributed by atoms with Gasteiger partial charge in [-0.15, -0.1) is 0 Å². The topological polar surface area (TPSA) is 98.2 Å². The van der Waals surface area contributed by atoms with Gasteiger partial charge in [0.2, 0.25) is 5.13 Å². The molecular weight excluding hydrogens is 370 g/mol. The Morgan fingerprint density at radius 3 is 2.60 bits per heavy atom. The SMILES string of the molecule is COC(=O)c1nsc(NS(=O)(=O)c2ccc(Br)cc2)n1. The number of sulfonamides is 1. The van der Waals surface area contributed by atoms with Crippen molar-refractivity contribution in [2.75, 3.05) is 11.8 Å². The molecule has 1 aromatic heterocycles. The second kappa shape index (κ2) is 5.85. The summed E-state index contributed by atoms with van der Waals surface area (Å²) < 4.78 is 35.3. The quantitative estimate of drug-likeness (QED) is 0.816. The number of methoxy groups -OCH3 is 1. The van der Waals surface area contributed by atoms with E-state index < -0.39 is 16.0 Å². The Kier molecular flexibility index (Phi) is 4.35. The fourth-order valence-corrected chi connectivity index (χ4v) is 3.27. The number of anilines is 1. The monoisotopic (exact) mass is 377 g/mol. The fraction of sp³-hybridized carbons (Fsp3) is 0.100. The maximum atomic E-state index is 12.1. The van der Waals surface area contributed by atoms with Crippen molar-refractivity contribution in [3.63, 3.8) is 0 Å². The summed E-state index contributed by atoms with van der Waals surface area (Å²) >= 11 is 3.98. The third-order valence-electron chi connectivity index (χ3n) is 2.14. The summed E-state index contributed by atoms with van der Waals surface area (Å²) in [6, 6.07) is 6.09. The van der Waals surface area contributed by atoms with Crippen LogP contribution in [0.3, 0.4) is 0 Å². The number of benzene rings is 1. The first-order chi connectivity index (χ1) is 9.42. The van der Waals surface area contributed by atoms with Crippen LogP contribution in [0.25, 0.3) is 0 Å². The largest absolute Gasteiger partial charge is 0.463 e. The highest BCUT2D eigenvalue weighted by molar-refractivity contribution is 9.10. The van der Waals surface area contributed by atoms with E-state index in [1.165, 1.54) is 19.2 Å². The molecule has 1 aromatic carbocycles. The highest BCUT2D eigenvalue weighted by Gasteiger charge is 2.19. The number of hydrogen-bond donors (Lipinski definition) is 1. The summed E-state index contributed by atoms with van der Waals surface area (Å²) in [5.41, 5.74) is 0. The summed E-state index contributed by atoms with van der Waals surface area (Å²) in [4.78, 5) is 15.0. The Balaban J connectivity index is 2.22. The van der Waals surface area contributed by atoms with Crippen LogP contribution in [0.1, 0.15) is 10.6 Å². The number of esters is 1. The zero-order chi connectivity index (χ0) is 14.8. The molecule has 0 unspecified atom stereocenters. The molecule has 0 fully saturated rings. The van der Waals surface area contributed by atoms with E-state index in [0.29, 0.717) is 0 Å². The van der Waals surface area contributed by atoms with E-state index in [4.69, 9.17) is 0 Å². The van der Waals surface area contributed by atoms with E-state index >= 15 is 0 Å². The minimum absolute atomic E-state index is 0.00619. The van der Waals surface area contributed by atoms with E-state index in [1.807, 2.05) is 0 Å². The van der Waals surface area contributed by atoms with Crippen LogP contribution >= 0.6 is 27.5 Å². The summed E-state index contributed by atoms with van der Waals surface area (Å²) in [5.74, 6) is -0.915. The molecule has 0 amide bonds. The molecule has 1 N–H and O–H groups in total. The Morgan fingerprint density at radius 2 is 2.00 bits per heavy atom. The van der Waals surface area contributed by atoms with E-state index in [0.717, 1.165) is 16.0 Å². The Labute approximate surface area is 127 Å². The maximum absolute atomic E-state index is 12.1. The van der Waals surface area contributed by atoms with Crippen LogP contribution in [-0.2, 0) is 14.8 Å². The number of nitrogens with one attached hydrogen (secondary N) is 1. The minimum atomic E-state index is -3.76. The molecule has 7 nitrogen and oxygen atoms in total. The van der Waals surface area contributed by atoms with Gasteiger partial charge in [-0.05, 0) is 24.3 Å². The molecule has 0 bridgehead atoms. The number of carbonyl (C=O) groups is 1. The van der Waals surface area contributed by atoms with Crippen molar-refractivity contribution in [2.45, 2.75) is 4.90 Å². The van der Waals surface area contributed by atoms with E-state index in [-0.39, 0.29) is 15.9 Å². The first kappa shape index (κ1) is 14.9. The molecule has 1 heterocycles. The molecule has 0 aliphatic rings. The lowest BCUT2D eigenvalue weighted by Crippen LogP contribution is -2.13. The van der Waals surface area contributed by atoms with Gasteiger partial charge in [0, 0.05) is 16.0 Å². The van der Waals surface area contributed by atoms with Gasteiger partial charge in [0.25, 0.3) is 15.8 Å². The van der Waals surface area contributed by atoms with E-state index in [9.17, 15) is 13.2 Å². The third-order valence-corrected chi connectivity index (χ3v) is 4.78. The van der Waals surface area contributed by atoms with Gasteiger partial charge in [0.05, 0.1) is 12.0 Å². The normalized spacial score (nSPS) is 11.1. The number of halogens is 1. The van der Waals surface area contributed by atoms with Gasteiger partial charge in [0.1, 0.15) is 0 Å². The predicted molar refractivity (Wildman–Crippen MR) is 76.2 cm³/mol. The van der Waals surface area contributed by atoms with Crippen LogP contribution in [0, 0.1) is 0 Å². The lowest BCUT2D eigenvalue weighted by atomic mass is 10.4. The molecule has 20 heavy (non-hydrogen) atoms. The Hall–Kier alpha value is -1.52. The highest BCUT2D eigenvalue weighted by Crippen LogP contribution is 2.19. The first-order valence-corrected chi connectivity index (χ1v) is 8.18. The van der Waals surface area contributed by atoms with Crippen molar-refractivity contribution >= 4 is 48.6 Å². The van der Waals surface area contributed by atoms with Gasteiger partial charge in [-0.1, -0.05) is 15.9 Å². The molecule has 0 saturated carbocycles. The standard InChI is InChI=1S/C10H8BrN3O4S2/c1-18-9(15)8-12-10(19-13-8)14-20(16,17)7-4-2-6(11)3-5-7/h2-5H,1H3,(H,12,13,14). The van der Waals surface area contributed by atoms with Crippen molar-refractivity contribution in [1.82, 2.24) is 9.36 Å². The summed E-state index contributed by atoms with van der Waals surface area (Å²) in [6.07, 6.45) is 0. The van der Waals surface area contributed by atoms with Crippen molar-refractivity contribution in [3.05, 3.63) is 34.6 Å². The van der Waals surface area contributed by atoms with E-state index in [2.05, 4.69) is 34.7 Å². The van der Waals surface area contributed by atoms with Crippen LogP contribution < -0.4 is 4.72 Å². The van der Waals surface area contributed by atoms with Gasteiger partial charge >= 0.3 is 5.97 Å².